The Bertz CT molecular complexity index is 997. The molecular weight excluding hydrogens is 361 g/mol. The molecule has 0 spiro atoms. The summed E-state index contributed by atoms with van der Waals surface area (Å²) >= 11 is 0. The fraction of sp³-hybridized carbons (Fsp3) is 0.350. The molecule has 0 radical (unpaired) electrons. The second-order valence-electron chi connectivity index (χ2n) is 6.74. The molecule has 0 saturated carbocycles. The van der Waals surface area contributed by atoms with Gasteiger partial charge in [0.1, 0.15) is 5.82 Å². The highest BCUT2D eigenvalue weighted by molar-refractivity contribution is 6.12. The number of carbonyl (C=O) groups is 1. The van der Waals surface area contributed by atoms with Crippen molar-refractivity contribution in [3.63, 3.8) is 0 Å². The molecule has 1 fully saturated rings. The van der Waals surface area contributed by atoms with Crippen molar-refractivity contribution in [1.29, 1.82) is 0 Å². The quantitative estimate of drug-likeness (QED) is 0.705. The lowest BCUT2D eigenvalue weighted by Gasteiger charge is -2.25. The molecule has 1 amide bonds. The van der Waals surface area contributed by atoms with Crippen molar-refractivity contribution in [3.8, 4) is 0 Å². The lowest BCUT2D eigenvalue weighted by Crippen LogP contribution is -2.29. The first-order valence-corrected chi connectivity index (χ1v) is 9.41. The highest BCUT2D eigenvalue weighted by Gasteiger charge is 2.22. The van der Waals surface area contributed by atoms with Gasteiger partial charge in [-0.05, 0) is 38.0 Å². The van der Waals surface area contributed by atoms with Gasteiger partial charge in [-0.2, -0.15) is 5.10 Å². The summed E-state index contributed by atoms with van der Waals surface area (Å²) < 4.78 is 20.7. The standard InChI is InChI=1S/C20H22FN5O2/c1-2-26-19-16(12-23-26)18(24-14-6-8-28-9-7-14)17(11-22-19)20(27)25-15-5-3-4-13(21)10-15/h3-5,10-12,14H,2,6-9H2,1H3,(H,22,24)(H,25,27). The number of hydrogen-bond acceptors (Lipinski definition) is 5. The summed E-state index contributed by atoms with van der Waals surface area (Å²) in [6.07, 6.45) is 4.99. The molecule has 3 aromatic rings. The molecule has 146 valence electrons. The normalized spacial score (nSPS) is 14.9. The van der Waals surface area contributed by atoms with Gasteiger partial charge in [0.25, 0.3) is 5.91 Å². The number of anilines is 2. The molecule has 0 bridgehead atoms. The molecule has 1 aliphatic heterocycles. The highest BCUT2D eigenvalue weighted by Crippen LogP contribution is 2.29. The third kappa shape index (κ3) is 3.68. The molecule has 0 aliphatic carbocycles. The van der Waals surface area contributed by atoms with Crippen molar-refractivity contribution >= 4 is 28.3 Å². The first-order chi connectivity index (χ1) is 13.7. The number of aryl methyl sites for hydroxylation is 1. The van der Waals surface area contributed by atoms with Gasteiger partial charge in [-0.3, -0.25) is 4.79 Å². The van der Waals surface area contributed by atoms with Crippen LogP contribution in [0.4, 0.5) is 15.8 Å². The molecule has 4 rings (SSSR count). The van der Waals surface area contributed by atoms with Crippen LogP contribution in [0, 0.1) is 5.82 Å². The smallest absolute Gasteiger partial charge is 0.259 e. The summed E-state index contributed by atoms with van der Waals surface area (Å²) in [5.74, 6) is -0.755. The Morgan fingerprint density at radius 1 is 1.32 bits per heavy atom. The summed E-state index contributed by atoms with van der Waals surface area (Å²) in [6, 6.07) is 6.02. The molecule has 2 aromatic heterocycles. The van der Waals surface area contributed by atoms with Crippen LogP contribution in [0.3, 0.4) is 0 Å². The van der Waals surface area contributed by atoms with E-state index in [0.29, 0.717) is 36.7 Å². The highest BCUT2D eigenvalue weighted by atomic mass is 19.1. The number of rotatable bonds is 5. The van der Waals surface area contributed by atoms with E-state index in [1.807, 2.05) is 6.92 Å². The van der Waals surface area contributed by atoms with E-state index in [4.69, 9.17) is 4.74 Å². The van der Waals surface area contributed by atoms with Crippen LogP contribution in [0.1, 0.15) is 30.1 Å². The molecule has 1 saturated heterocycles. The zero-order valence-electron chi connectivity index (χ0n) is 15.6. The third-order valence-electron chi connectivity index (χ3n) is 4.86. The van der Waals surface area contributed by atoms with Gasteiger partial charge in [-0.1, -0.05) is 6.07 Å². The largest absolute Gasteiger partial charge is 0.381 e. The SMILES string of the molecule is CCn1ncc2c(NC3CCOCC3)c(C(=O)Nc3cccc(F)c3)cnc21. The third-order valence-corrected chi connectivity index (χ3v) is 4.86. The van der Waals surface area contributed by atoms with E-state index >= 15 is 0 Å². The van der Waals surface area contributed by atoms with Gasteiger partial charge in [-0.25, -0.2) is 14.1 Å². The zero-order valence-corrected chi connectivity index (χ0v) is 15.6. The van der Waals surface area contributed by atoms with Gasteiger partial charge in [0.15, 0.2) is 5.65 Å². The number of hydrogen-bond donors (Lipinski definition) is 2. The van der Waals surface area contributed by atoms with Crippen molar-refractivity contribution in [2.75, 3.05) is 23.8 Å². The Morgan fingerprint density at radius 2 is 2.14 bits per heavy atom. The van der Waals surface area contributed by atoms with Crippen molar-refractivity contribution in [3.05, 3.63) is 48.0 Å². The topological polar surface area (TPSA) is 81.1 Å². The van der Waals surface area contributed by atoms with E-state index < -0.39 is 5.82 Å². The maximum atomic E-state index is 13.5. The summed E-state index contributed by atoms with van der Waals surface area (Å²) in [5, 5.41) is 11.4. The van der Waals surface area contributed by atoms with Crippen LogP contribution in [-0.2, 0) is 11.3 Å². The van der Waals surface area contributed by atoms with E-state index in [1.54, 1.807) is 29.2 Å². The number of fused-ring (bicyclic) bond motifs is 1. The zero-order chi connectivity index (χ0) is 19.5. The maximum absolute atomic E-state index is 13.5. The monoisotopic (exact) mass is 383 g/mol. The minimum Gasteiger partial charge on any atom is -0.381 e. The molecule has 8 heteroatoms. The fourth-order valence-corrected chi connectivity index (χ4v) is 3.40. The van der Waals surface area contributed by atoms with E-state index in [1.165, 1.54) is 12.1 Å². The molecule has 1 aliphatic rings. The van der Waals surface area contributed by atoms with Gasteiger partial charge in [0, 0.05) is 37.7 Å². The first-order valence-electron chi connectivity index (χ1n) is 9.41. The van der Waals surface area contributed by atoms with E-state index in [9.17, 15) is 9.18 Å². The van der Waals surface area contributed by atoms with Crippen molar-refractivity contribution < 1.29 is 13.9 Å². The Kier molecular flexibility index (Phi) is 5.21. The van der Waals surface area contributed by atoms with Crippen LogP contribution < -0.4 is 10.6 Å². The van der Waals surface area contributed by atoms with Crippen LogP contribution in [0.25, 0.3) is 11.0 Å². The number of aromatic nitrogens is 3. The number of carbonyl (C=O) groups excluding carboxylic acids is 1. The second-order valence-corrected chi connectivity index (χ2v) is 6.74. The van der Waals surface area contributed by atoms with Crippen LogP contribution in [0.15, 0.2) is 36.7 Å². The minimum absolute atomic E-state index is 0.199. The van der Waals surface area contributed by atoms with Gasteiger partial charge in [0.2, 0.25) is 0 Å². The predicted molar refractivity (Wildman–Crippen MR) is 105 cm³/mol. The fourth-order valence-electron chi connectivity index (χ4n) is 3.40. The molecule has 7 nitrogen and oxygen atoms in total. The van der Waals surface area contributed by atoms with Gasteiger partial charge < -0.3 is 15.4 Å². The average molecular weight is 383 g/mol. The summed E-state index contributed by atoms with van der Waals surface area (Å²) in [7, 11) is 0. The van der Waals surface area contributed by atoms with E-state index in [2.05, 4.69) is 20.7 Å². The molecule has 28 heavy (non-hydrogen) atoms. The van der Waals surface area contributed by atoms with Crippen LogP contribution in [0.5, 0.6) is 0 Å². The number of pyridine rings is 1. The van der Waals surface area contributed by atoms with Gasteiger partial charge in [0.05, 0.1) is 22.8 Å². The van der Waals surface area contributed by atoms with Gasteiger partial charge in [-0.15, -0.1) is 0 Å². The molecular formula is C20H22FN5O2. The van der Waals surface area contributed by atoms with Crippen molar-refractivity contribution in [2.24, 2.45) is 0 Å². The molecule has 1 aromatic carbocycles. The Balaban J connectivity index is 1.71. The first kappa shape index (κ1) is 18.4. The van der Waals surface area contributed by atoms with Gasteiger partial charge >= 0.3 is 0 Å². The molecule has 3 heterocycles. The van der Waals surface area contributed by atoms with Crippen LogP contribution in [0.2, 0.25) is 0 Å². The van der Waals surface area contributed by atoms with Crippen molar-refractivity contribution in [1.82, 2.24) is 14.8 Å². The Labute approximate surface area is 161 Å². The number of benzene rings is 1. The van der Waals surface area contributed by atoms with Crippen LogP contribution in [-0.4, -0.2) is 39.9 Å². The lowest BCUT2D eigenvalue weighted by atomic mass is 10.1. The number of nitrogens with zero attached hydrogens (tertiary/aromatic N) is 3. The average Bonchev–Trinajstić information content (AvgIpc) is 3.12. The lowest BCUT2D eigenvalue weighted by molar-refractivity contribution is 0.0904. The summed E-state index contributed by atoms with van der Waals surface area (Å²) in [5.41, 5.74) is 2.22. The number of halogens is 1. The van der Waals surface area contributed by atoms with Crippen molar-refractivity contribution in [2.45, 2.75) is 32.4 Å². The maximum Gasteiger partial charge on any atom is 0.259 e. The minimum atomic E-state index is -0.406. The molecule has 0 unspecified atom stereocenters. The second kappa shape index (κ2) is 7.93. The Hall–Kier alpha value is -3.00. The number of nitrogens with one attached hydrogen (secondary N) is 2. The predicted octanol–water partition coefficient (Wildman–Crippen LogP) is 3.43. The number of ether oxygens (including phenoxy) is 1. The molecule has 2 N–H and O–H groups in total. The summed E-state index contributed by atoms with van der Waals surface area (Å²) in [4.78, 5) is 17.4. The summed E-state index contributed by atoms with van der Waals surface area (Å²) in [6.45, 7) is 4.04. The molecule has 0 atom stereocenters. The number of amides is 1. The Morgan fingerprint density at radius 3 is 2.89 bits per heavy atom. The van der Waals surface area contributed by atoms with Crippen LogP contribution >= 0.6 is 0 Å². The van der Waals surface area contributed by atoms with E-state index in [0.717, 1.165) is 23.9 Å². The van der Waals surface area contributed by atoms with E-state index in [-0.39, 0.29) is 11.9 Å².